The molecule has 3 heterocycles. The molecule has 0 saturated carbocycles. The molecule has 1 aromatic heterocycles. The largest absolute Gasteiger partial charge is 0.371 e. The fourth-order valence-electron chi connectivity index (χ4n) is 4.83. The molecule has 2 saturated heterocycles. The van der Waals surface area contributed by atoms with Crippen molar-refractivity contribution in [3.8, 4) is 0 Å². The van der Waals surface area contributed by atoms with E-state index < -0.39 is 0 Å². The van der Waals surface area contributed by atoms with Crippen LogP contribution in [0.3, 0.4) is 0 Å². The van der Waals surface area contributed by atoms with E-state index >= 15 is 4.39 Å². The number of hydrogen-bond donors (Lipinski definition) is 1. The minimum Gasteiger partial charge on any atom is -0.371 e. The quantitative estimate of drug-likeness (QED) is 0.504. The SMILES string of the molecule is C[C@H]1CCC(c2ccccc2)SN1Cc1ccc(N2CCC(c3cnn[nH]3)CC2)cc1F. The Labute approximate surface area is 193 Å². The highest BCUT2D eigenvalue weighted by molar-refractivity contribution is 7.97. The van der Waals surface area contributed by atoms with Crippen LogP contribution in [-0.4, -0.2) is 38.8 Å². The summed E-state index contributed by atoms with van der Waals surface area (Å²) in [5.74, 6) is 0.359. The lowest BCUT2D eigenvalue weighted by Gasteiger charge is -2.37. The van der Waals surface area contributed by atoms with Gasteiger partial charge in [0.25, 0.3) is 0 Å². The zero-order chi connectivity index (χ0) is 21.9. The summed E-state index contributed by atoms with van der Waals surface area (Å²) in [6.45, 7) is 4.72. The Morgan fingerprint density at radius 3 is 2.59 bits per heavy atom. The van der Waals surface area contributed by atoms with Crippen LogP contribution in [0.1, 0.15) is 60.6 Å². The van der Waals surface area contributed by atoms with Crippen LogP contribution in [0.5, 0.6) is 0 Å². The van der Waals surface area contributed by atoms with Crippen molar-refractivity contribution in [2.24, 2.45) is 0 Å². The van der Waals surface area contributed by atoms with Gasteiger partial charge in [0, 0.05) is 48.1 Å². The molecule has 2 fully saturated rings. The molecule has 5 rings (SSSR count). The van der Waals surface area contributed by atoms with Gasteiger partial charge < -0.3 is 4.90 Å². The smallest absolute Gasteiger partial charge is 0.129 e. The molecule has 0 bridgehead atoms. The van der Waals surface area contributed by atoms with Crippen molar-refractivity contribution in [3.63, 3.8) is 0 Å². The fourth-order valence-corrected chi connectivity index (χ4v) is 6.20. The first kappa shape index (κ1) is 21.5. The second-order valence-corrected chi connectivity index (χ2v) is 10.2. The molecule has 2 aromatic carbocycles. The molecule has 2 aliphatic rings. The maximum Gasteiger partial charge on any atom is 0.129 e. The molecule has 7 heteroatoms. The highest BCUT2D eigenvalue weighted by Crippen LogP contribution is 2.43. The van der Waals surface area contributed by atoms with Crippen LogP contribution in [-0.2, 0) is 6.54 Å². The summed E-state index contributed by atoms with van der Waals surface area (Å²) in [6, 6.07) is 16.9. The van der Waals surface area contributed by atoms with Gasteiger partial charge in [0.1, 0.15) is 5.82 Å². The van der Waals surface area contributed by atoms with Crippen LogP contribution in [0.2, 0.25) is 0 Å². The van der Waals surface area contributed by atoms with Crippen molar-refractivity contribution in [2.75, 3.05) is 18.0 Å². The van der Waals surface area contributed by atoms with Gasteiger partial charge in [-0.1, -0.05) is 53.6 Å². The van der Waals surface area contributed by atoms with Gasteiger partial charge in [0.05, 0.1) is 11.9 Å². The minimum absolute atomic E-state index is 0.1000. The van der Waals surface area contributed by atoms with E-state index in [1.54, 1.807) is 6.07 Å². The van der Waals surface area contributed by atoms with Crippen LogP contribution in [0.4, 0.5) is 10.1 Å². The number of piperidine rings is 1. The van der Waals surface area contributed by atoms with E-state index in [0.29, 0.717) is 23.8 Å². The summed E-state index contributed by atoms with van der Waals surface area (Å²) in [4.78, 5) is 2.29. The van der Waals surface area contributed by atoms with Gasteiger partial charge in [-0.25, -0.2) is 8.70 Å². The highest BCUT2D eigenvalue weighted by Gasteiger charge is 2.28. The fraction of sp³-hybridized carbons (Fsp3) is 0.440. The van der Waals surface area contributed by atoms with E-state index in [1.807, 2.05) is 24.2 Å². The van der Waals surface area contributed by atoms with Crippen molar-refractivity contribution >= 4 is 17.6 Å². The molecule has 0 aliphatic carbocycles. The van der Waals surface area contributed by atoms with Gasteiger partial charge in [-0.15, -0.1) is 5.10 Å². The maximum atomic E-state index is 15.1. The Hall–Kier alpha value is -2.38. The van der Waals surface area contributed by atoms with Gasteiger partial charge in [-0.05, 0) is 50.3 Å². The number of nitrogens with zero attached hydrogens (tertiary/aromatic N) is 4. The molecule has 2 atom stereocenters. The van der Waals surface area contributed by atoms with Gasteiger partial charge in [0.15, 0.2) is 0 Å². The molecule has 0 spiro atoms. The first-order chi connectivity index (χ1) is 15.7. The number of aromatic nitrogens is 3. The van der Waals surface area contributed by atoms with Crippen molar-refractivity contribution in [3.05, 3.63) is 77.4 Å². The molecular formula is C25H30FN5S. The van der Waals surface area contributed by atoms with Gasteiger partial charge in [-0.2, -0.15) is 0 Å². The predicted molar refractivity (Wildman–Crippen MR) is 128 cm³/mol. The van der Waals surface area contributed by atoms with E-state index in [-0.39, 0.29) is 5.82 Å². The topological polar surface area (TPSA) is 48.1 Å². The molecular weight excluding hydrogens is 421 g/mol. The maximum absolute atomic E-state index is 15.1. The van der Waals surface area contributed by atoms with E-state index in [2.05, 4.69) is 67.9 Å². The monoisotopic (exact) mass is 451 g/mol. The van der Waals surface area contributed by atoms with Gasteiger partial charge >= 0.3 is 0 Å². The number of hydrogen-bond acceptors (Lipinski definition) is 5. The van der Waals surface area contributed by atoms with Crippen LogP contribution in [0.15, 0.2) is 54.7 Å². The Balaban J connectivity index is 1.22. The van der Waals surface area contributed by atoms with Crippen LogP contribution in [0.25, 0.3) is 0 Å². The third-order valence-corrected chi connectivity index (χ3v) is 8.39. The molecule has 5 nitrogen and oxygen atoms in total. The molecule has 168 valence electrons. The standard InChI is InChI=1S/C25H30FN5S/c1-18-7-10-25(20-5-3-2-4-6-20)32-31(18)17-21-8-9-22(15-23(21)26)30-13-11-19(12-14-30)24-16-27-29-28-24/h2-6,8-9,15-16,18-19,25H,7,10-14,17H2,1H3,(H,27,28,29)/t18-,25?/m0/s1. The molecule has 3 aromatic rings. The highest BCUT2D eigenvalue weighted by atomic mass is 32.2. The second kappa shape index (κ2) is 9.63. The number of benzene rings is 2. The van der Waals surface area contributed by atoms with Crippen molar-refractivity contribution in [1.82, 2.24) is 19.7 Å². The zero-order valence-electron chi connectivity index (χ0n) is 18.5. The molecule has 0 amide bonds. The first-order valence-electron chi connectivity index (χ1n) is 11.5. The molecule has 0 radical (unpaired) electrons. The Kier molecular flexibility index (Phi) is 6.46. The summed E-state index contributed by atoms with van der Waals surface area (Å²) >= 11 is 1.87. The minimum atomic E-state index is -0.1000. The number of nitrogens with one attached hydrogen (secondary N) is 1. The predicted octanol–water partition coefficient (Wildman–Crippen LogP) is 5.70. The van der Waals surface area contributed by atoms with E-state index in [9.17, 15) is 0 Å². The number of aromatic amines is 1. The zero-order valence-corrected chi connectivity index (χ0v) is 19.3. The van der Waals surface area contributed by atoms with Crippen LogP contribution >= 0.6 is 11.9 Å². The lowest BCUT2D eigenvalue weighted by atomic mass is 9.93. The summed E-state index contributed by atoms with van der Waals surface area (Å²) in [5, 5.41) is 11.2. The average molecular weight is 452 g/mol. The number of halogens is 1. The summed E-state index contributed by atoms with van der Waals surface area (Å²) in [5.41, 5.74) is 4.22. The summed E-state index contributed by atoms with van der Waals surface area (Å²) in [7, 11) is 0. The molecule has 1 unspecified atom stereocenters. The molecule has 2 aliphatic heterocycles. The van der Waals surface area contributed by atoms with Crippen molar-refractivity contribution in [1.29, 1.82) is 0 Å². The van der Waals surface area contributed by atoms with Crippen molar-refractivity contribution < 1.29 is 4.39 Å². The Bertz CT molecular complexity index is 1000. The van der Waals surface area contributed by atoms with Crippen LogP contribution < -0.4 is 4.90 Å². The molecule has 32 heavy (non-hydrogen) atoms. The first-order valence-corrected chi connectivity index (χ1v) is 12.4. The number of H-pyrrole nitrogens is 1. The average Bonchev–Trinajstić information content (AvgIpc) is 3.37. The lowest BCUT2D eigenvalue weighted by Crippen LogP contribution is -2.33. The third kappa shape index (κ3) is 4.69. The van der Waals surface area contributed by atoms with Crippen LogP contribution in [0, 0.1) is 5.82 Å². The Morgan fingerprint density at radius 2 is 1.88 bits per heavy atom. The number of rotatable bonds is 5. The summed E-state index contributed by atoms with van der Waals surface area (Å²) in [6.07, 6.45) is 6.16. The number of anilines is 1. The Morgan fingerprint density at radius 1 is 1.06 bits per heavy atom. The van der Waals surface area contributed by atoms with E-state index in [0.717, 1.165) is 49.3 Å². The van der Waals surface area contributed by atoms with Gasteiger partial charge in [-0.3, -0.25) is 5.10 Å². The third-order valence-electron chi connectivity index (χ3n) is 6.87. The van der Waals surface area contributed by atoms with Crippen molar-refractivity contribution in [2.45, 2.75) is 56.4 Å². The van der Waals surface area contributed by atoms with E-state index in [1.165, 1.54) is 12.0 Å². The lowest BCUT2D eigenvalue weighted by molar-refractivity contribution is 0.317. The normalized spacial score (nSPS) is 22.9. The summed E-state index contributed by atoms with van der Waals surface area (Å²) < 4.78 is 17.5. The molecule has 1 N–H and O–H groups in total. The van der Waals surface area contributed by atoms with E-state index in [4.69, 9.17) is 0 Å². The second-order valence-electron chi connectivity index (χ2n) is 8.96. The van der Waals surface area contributed by atoms with Gasteiger partial charge in [0.2, 0.25) is 0 Å².